The Bertz CT molecular complexity index is 660. The Kier molecular flexibility index (Phi) is 3.88. The van der Waals surface area contributed by atoms with E-state index >= 15 is 0 Å². The maximum absolute atomic E-state index is 12.3. The van der Waals surface area contributed by atoms with Gasteiger partial charge in [-0.15, -0.1) is 0 Å². The van der Waals surface area contributed by atoms with Gasteiger partial charge in [0.25, 0.3) is 0 Å². The first-order valence-corrected chi connectivity index (χ1v) is 7.42. The third-order valence-corrected chi connectivity index (χ3v) is 4.02. The van der Waals surface area contributed by atoms with Crippen LogP contribution in [0.25, 0.3) is 0 Å². The molecule has 0 saturated heterocycles. The molecule has 21 heavy (non-hydrogen) atoms. The molecule has 1 N–H and O–H groups in total. The van der Waals surface area contributed by atoms with Gasteiger partial charge in [0.05, 0.1) is 5.02 Å². The van der Waals surface area contributed by atoms with E-state index in [4.69, 9.17) is 11.6 Å². The number of aryl methyl sites for hydroxylation is 1. The molecule has 2 aromatic heterocycles. The third kappa shape index (κ3) is 3.05. The zero-order valence-electron chi connectivity index (χ0n) is 11.7. The number of halogens is 1. The Morgan fingerprint density at radius 3 is 2.90 bits per heavy atom. The van der Waals surface area contributed by atoms with Crippen molar-refractivity contribution in [3.63, 3.8) is 0 Å². The standard InChI is InChI=1S/C16H16ClN3O/c1-2-10-7-12(17)9-19-15(10)20-16(21)14-8-13(14)11-3-5-18-6-4-11/h3-7,9,13-14H,2,8H2,1H3,(H,19,20,21)/t13-,14+/m0/s1. The molecule has 1 aliphatic rings. The maximum atomic E-state index is 12.3. The third-order valence-electron chi connectivity index (χ3n) is 3.82. The van der Waals surface area contributed by atoms with E-state index in [1.54, 1.807) is 18.6 Å². The normalized spacial score (nSPS) is 20.1. The van der Waals surface area contributed by atoms with E-state index in [2.05, 4.69) is 15.3 Å². The van der Waals surface area contributed by atoms with Crippen LogP contribution in [0.2, 0.25) is 5.02 Å². The van der Waals surface area contributed by atoms with Gasteiger partial charge < -0.3 is 5.32 Å². The largest absolute Gasteiger partial charge is 0.310 e. The average molecular weight is 302 g/mol. The molecule has 0 aliphatic heterocycles. The second-order valence-electron chi connectivity index (χ2n) is 5.23. The highest BCUT2D eigenvalue weighted by atomic mass is 35.5. The Labute approximate surface area is 128 Å². The van der Waals surface area contributed by atoms with E-state index in [0.29, 0.717) is 16.8 Å². The highest BCUT2D eigenvalue weighted by Gasteiger charge is 2.44. The average Bonchev–Trinajstić information content (AvgIpc) is 3.30. The van der Waals surface area contributed by atoms with Gasteiger partial charge in [-0.05, 0) is 48.1 Å². The first-order chi connectivity index (χ1) is 10.2. The molecule has 4 nitrogen and oxygen atoms in total. The molecule has 0 spiro atoms. The summed E-state index contributed by atoms with van der Waals surface area (Å²) >= 11 is 5.93. The van der Waals surface area contributed by atoms with Crippen molar-refractivity contribution in [1.82, 2.24) is 9.97 Å². The summed E-state index contributed by atoms with van der Waals surface area (Å²) in [7, 11) is 0. The van der Waals surface area contributed by atoms with Crippen LogP contribution in [0.15, 0.2) is 36.8 Å². The fourth-order valence-electron chi connectivity index (χ4n) is 2.54. The second kappa shape index (κ2) is 5.82. The molecule has 2 heterocycles. The molecular formula is C16H16ClN3O. The van der Waals surface area contributed by atoms with Crippen molar-refractivity contribution < 1.29 is 4.79 Å². The summed E-state index contributed by atoms with van der Waals surface area (Å²) in [6.45, 7) is 2.01. The summed E-state index contributed by atoms with van der Waals surface area (Å²) in [6, 6.07) is 5.78. The van der Waals surface area contributed by atoms with E-state index in [9.17, 15) is 4.79 Å². The molecule has 1 fully saturated rings. The first-order valence-electron chi connectivity index (χ1n) is 7.04. The van der Waals surface area contributed by atoms with Crippen LogP contribution in [0.5, 0.6) is 0 Å². The number of aromatic nitrogens is 2. The molecule has 0 bridgehead atoms. The number of hydrogen-bond acceptors (Lipinski definition) is 3. The van der Waals surface area contributed by atoms with Gasteiger partial charge in [-0.2, -0.15) is 0 Å². The summed E-state index contributed by atoms with van der Waals surface area (Å²) in [4.78, 5) is 20.5. The number of anilines is 1. The number of carbonyl (C=O) groups excluding carboxylic acids is 1. The minimum absolute atomic E-state index is 0.0228. The molecule has 108 valence electrons. The molecule has 0 unspecified atom stereocenters. The summed E-state index contributed by atoms with van der Waals surface area (Å²) in [5.74, 6) is 0.966. The van der Waals surface area contributed by atoms with Crippen LogP contribution >= 0.6 is 11.6 Å². The quantitative estimate of drug-likeness (QED) is 0.941. The highest BCUT2D eigenvalue weighted by Crippen LogP contribution is 2.47. The van der Waals surface area contributed by atoms with Gasteiger partial charge in [-0.1, -0.05) is 18.5 Å². The monoisotopic (exact) mass is 301 g/mol. The fourth-order valence-corrected chi connectivity index (χ4v) is 2.72. The van der Waals surface area contributed by atoms with Gasteiger partial charge in [0, 0.05) is 24.5 Å². The second-order valence-corrected chi connectivity index (χ2v) is 5.67. The van der Waals surface area contributed by atoms with E-state index < -0.39 is 0 Å². The molecule has 1 saturated carbocycles. The van der Waals surface area contributed by atoms with Crippen LogP contribution in [0.3, 0.4) is 0 Å². The Balaban J connectivity index is 1.69. The fraction of sp³-hybridized carbons (Fsp3) is 0.312. The Morgan fingerprint density at radius 1 is 1.43 bits per heavy atom. The van der Waals surface area contributed by atoms with Crippen LogP contribution in [-0.2, 0) is 11.2 Å². The summed E-state index contributed by atoms with van der Waals surface area (Å²) < 4.78 is 0. The van der Waals surface area contributed by atoms with Crippen molar-refractivity contribution in [3.05, 3.63) is 52.9 Å². The van der Waals surface area contributed by atoms with Gasteiger partial charge in [-0.25, -0.2) is 4.98 Å². The predicted molar refractivity (Wildman–Crippen MR) is 82.3 cm³/mol. The van der Waals surface area contributed by atoms with Crippen LogP contribution in [-0.4, -0.2) is 15.9 Å². The van der Waals surface area contributed by atoms with Crippen molar-refractivity contribution in [1.29, 1.82) is 0 Å². The first kappa shape index (κ1) is 14.0. The SMILES string of the molecule is CCc1cc(Cl)cnc1NC(=O)[C@@H]1C[C@H]1c1ccncc1. The molecule has 1 aliphatic carbocycles. The van der Waals surface area contributed by atoms with Crippen LogP contribution < -0.4 is 5.32 Å². The van der Waals surface area contributed by atoms with Crippen molar-refractivity contribution in [2.45, 2.75) is 25.7 Å². The minimum Gasteiger partial charge on any atom is -0.310 e. The van der Waals surface area contributed by atoms with Gasteiger partial charge in [0.2, 0.25) is 5.91 Å². The lowest BCUT2D eigenvalue weighted by molar-refractivity contribution is -0.117. The molecular weight excluding hydrogens is 286 g/mol. The molecule has 3 rings (SSSR count). The number of amides is 1. The Morgan fingerprint density at radius 2 is 2.19 bits per heavy atom. The molecule has 0 radical (unpaired) electrons. The minimum atomic E-state index is 0.0228. The summed E-state index contributed by atoms with van der Waals surface area (Å²) in [5, 5.41) is 3.51. The van der Waals surface area contributed by atoms with Crippen LogP contribution in [0.1, 0.15) is 30.4 Å². The zero-order valence-corrected chi connectivity index (χ0v) is 12.5. The van der Waals surface area contributed by atoms with E-state index in [0.717, 1.165) is 18.4 Å². The van der Waals surface area contributed by atoms with E-state index in [1.165, 1.54) is 5.56 Å². The van der Waals surface area contributed by atoms with Crippen molar-refractivity contribution in [3.8, 4) is 0 Å². The predicted octanol–water partition coefficient (Wildman–Crippen LogP) is 3.43. The highest BCUT2D eigenvalue weighted by molar-refractivity contribution is 6.30. The van der Waals surface area contributed by atoms with E-state index in [1.807, 2.05) is 25.1 Å². The number of nitrogens with one attached hydrogen (secondary N) is 1. The number of rotatable bonds is 4. The Hall–Kier alpha value is -1.94. The number of pyridine rings is 2. The molecule has 1 amide bonds. The molecule has 2 aromatic rings. The van der Waals surface area contributed by atoms with Gasteiger partial charge in [0.1, 0.15) is 5.82 Å². The van der Waals surface area contributed by atoms with Crippen molar-refractivity contribution in [2.24, 2.45) is 5.92 Å². The number of hydrogen-bond donors (Lipinski definition) is 1. The van der Waals surface area contributed by atoms with Gasteiger partial charge in [0.15, 0.2) is 0 Å². The zero-order chi connectivity index (χ0) is 14.8. The van der Waals surface area contributed by atoms with Crippen LogP contribution in [0.4, 0.5) is 5.82 Å². The van der Waals surface area contributed by atoms with Crippen molar-refractivity contribution >= 4 is 23.3 Å². The summed E-state index contributed by atoms with van der Waals surface area (Å²) in [5.41, 5.74) is 2.13. The molecule has 2 atom stereocenters. The van der Waals surface area contributed by atoms with Gasteiger partial charge in [-0.3, -0.25) is 9.78 Å². The molecule has 0 aromatic carbocycles. The van der Waals surface area contributed by atoms with Gasteiger partial charge >= 0.3 is 0 Å². The van der Waals surface area contributed by atoms with Crippen LogP contribution in [0, 0.1) is 5.92 Å². The topological polar surface area (TPSA) is 54.9 Å². The number of carbonyl (C=O) groups is 1. The smallest absolute Gasteiger partial charge is 0.229 e. The van der Waals surface area contributed by atoms with E-state index in [-0.39, 0.29) is 11.8 Å². The lowest BCUT2D eigenvalue weighted by Gasteiger charge is -2.09. The number of nitrogens with zero attached hydrogens (tertiary/aromatic N) is 2. The maximum Gasteiger partial charge on any atom is 0.229 e. The lowest BCUT2D eigenvalue weighted by atomic mass is 10.1. The summed E-state index contributed by atoms with van der Waals surface area (Å²) in [6.07, 6.45) is 6.74. The van der Waals surface area contributed by atoms with Crippen molar-refractivity contribution in [2.75, 3.05) is 5.32 Å². The molecule has 5 heteroatoms. The lowest BCUT2D eigenvalue weighted by Crippen LogP contribution is -2.16.